The highest BCUT2D eigenvalue weighted by Gasteiger charge is 2.26. The lowest BCUT2D eigenvalue weighted by molar-refractivity contribution is -0.385. The van der Waals surface area contributed by atoms with Gasteiger partial charge in [0.2, 0.25) is 0 Å². The summed E-state index contributed by atoms with van der Waals surface area (Å²) in [5, 5.41) is 11.6. The molecule has 1 saturated heterocycles. The number of hydrogen-bond donors (Lipinski definition) is 0. The first-order chi connectivity index (χ1) is 13.9. The van der Waals surface area contributed by atoms with Crippen molar-refractivity contribution < 1.29 is 14.1 Å². The lowest BCUT2D eigenvalue weighted by atomic mass is 10.1. The van der Waals surface area contributed by atoms with Gasteiger partial charge in [0.15, 0.2) is 0 Å². The van der Waals surface area contributed by atoms with Crippen molar-refractivity contribution in [2.45, 2.75) is 6.92 Å². The van der Waals surface area contributed by atoms with E-state index in [1.807, 2.05) is 11.0 Å². The number of pyridine rings is 1. The lowest BCUT2D eigenvalue weighted by Gasteiger charge is -2.35. The van der Waals surface area contributed by atoms with E-state index in [1.165, 1.54) is 12.3 Å². The molecule has 9 heteroatoms. The molecule has 148 valence electrons. The molecule has 0 aliphatic carbocycles. The molecule has 3 aromatic rings. The SMILES string of the molecule is Cc1cc([N+](=O)[O-])cnc1N1CCN(C(=O)c2cc3ccccc3oc2=O)CC1. The van der Waals surface area contributed by atoms with Crippen LogP contribution in [-0.2, 0) is 0 Å². The maximum Gasteiger partial charge on any atom is 0.349 e. The Balaban J connectivity index is 1.50. The second-order valence-corrected chi connectivity index (χ2v) is 6.86. The van der Waals surface area contributed by atoms with Crippen LogP contribution in [0.5, 0.6) is 0 Å². The smallest absolute Gasteiger partial charge is 0.349 e. The van der Waals surface area contributed by atoms with Crippen molar-refractivity contribution in [3.05, 3.63) is 74.3 Å². The number of nitrogens with zero attached hydrogens (tertiary/aromatic N) is 4. The maximum absolute atomic E-state index is 12.9. The van der Waals surface area contributed by atoms with Gasteiger partial charge in [0.25, 0.3) is 11.6 Å². The lowest BCUT2D eigenvalue weighted by Crippen LogP contribution is -2.49. The number of benzene rings is 1. The first-order valence-corrected chi connectivity index (χ1v) is 9.12. The Morgan fingerprint density at radius 3 is 2.59 bits per heavy atom. The molecule has 0 N–H and O–H groups in total. The Bertz CT molecular complexity index is 1160. The van der Waals surface area contributed by atoms with E-state index >= 15 is 0 Å². The minimum absolute atomic E-state index is 0.0155. The number of para-hydroxylation sites is 1. The molecule has 0 unspecified atom stereocenters. The number of nitro groups is 1. The van der Waals surface area contributed by atoms with Gasteiger partial charge in [0.1, 0.15) is 23.2 Å². The molecule has 4 rings (SSSR count). The van der Waals surface area contributed by atoms with E-state index in [-0.39, 0.29) is 17.2 Å². The zero-order chi connectivity index (χ0) is 20.5. The van der Waals surface area contributed by atoms with Gasteiger partial charge in [0.05, 0.1) is 4.92 Å². The fraction of sp³-hybridized carbons (Fsp3) is 0.250. The predicted molar refractivity (Wildman–Crippen MR) is 106 cm³/mol. The third kappa shape index (κ3) is 3.54. The molecule has 3 heterocycles. The topological polar surface area (TPSA) is 110 Å². The first kappa shape index (κ1) is 18.6. The molecule has 0 spiro atoms. The number of carbonyl (C=O) groups is 1. The highest BCUT2D eigenvalue weighted by Crippen LogP contribution is 2.23. The van der Waals surface area contributed by atoms with Crippen molar-refractivity contribution in [3.63, 3.8) is 0 Å². The summed E-state index contributed by atoms with van der Waals surface area (Å²) in [4.78, 5) is 43.3. The number of hydrogen-bond acceptors (Lipinski definition) is 7. The summed E-state index contributed by atoms with van der Waals surface area (Å²) in [5.41, 5.74) is 0.460. The molecule has 0 bridgehead atoms. The average Bonchev–Trinajstić information content (AvgIpc) is 2.73. The molecular formula is C20H18N4O5. The molecule has 1 fully saturated rings. The van der Waals surface area contributed by atoms with Crippen molar-refractivity contribution in [3.8, 4) is 0 Å². The van der Waals surface area contributed by atoms with E-state index in [9.17, 15) is 19.7 Å². The van der Waals surface area contributed by atoms with Gasteiger partial charge >= 0.3 is 5.63 Å². The van der Waals surface area contributed by atoms with Crippen LogP contribution in [0.4, 0.5) is 11.5 Å². The van der Waals surface area contributed by atoms with Crippen LogP contribution in [0, 0.1) is 17.0 Å². The Labute approximate surface area is 165 Å². The summed E-state index contributed by atoms with van der Waals surface area (Å²) >= 11 is 0. The van der Waals surface area contributed by atoms with Gasteiger partial charge < -0.3 is 14.2 Å². The highest BCUT2D eigenvalue weighted by molar-refractivity contribution is 5.96. The van der Waals surface area contributed by atoms with Crippen LogP contribution in [-0.4, -0.2) is 46.9 Å². The number of piperazine rings is 1. The maximum atomic E-state index is 12.9. The van der Waals surface area contributed by atoms with Crippen LogP contribution < -0.4 is 10.5 Å². The van der Waals surface area contributed by atoms with Crippen LogP contribution in [0.25, 0.3) is 11.0 Å². The molecular weight excluding hydrogens is 376 g/mol. The largest absolute Gasteiger partial charge is 0.422 e. The summed E-state index contributed by atoms with van der Waals surface area (Å²) in [6, 6.07) is 10.1. The standard InChI is InChI=1S/C20H18N4O5/c1-13-10-15(24(27)28)12-21-18(13)22-6-8-23(9-7-22)19(25)16-11-14-4-2-3-5-17(14)29-20(16)26/h2-5,10-12H,6-9H2,1H3. The van der Waals surface area contributed by atoms with Gasteiger partial charge in [-0.1, -0.05) is 18.2 Å². The zero-order valence-electron chi connectivity index (χ0n) is 15.7. The average molecular weight is 394 g/mol. The Hall–Kier alpha value is -3.75. The van der Waals surface area contributed by atoms with Crippen LogP contribution >= 0.6 is 0 Å². The molecule has 0 radical (unpaired) electrons. The van der Waals surface area contributed by atoms with Gasteiger partial charge in [-0.2, -0.15) is 0 Å². The van der Waals surface area contributed by atoms with Gasteiger partial charge in [-0.05, 0) is 24.6 Å². The number of fused-ring (bicyclic) bond motifs is 1. The summed E-state index contributed by atoms with van der Waals surface area (Å²) < 4.78 is 5.26. The number of aromatic nitrogens is 1. The van der Waals surface area contributed by atoms with Crippen molar-refractivity contribution in [1.29, 1.82) is 0 Å². The molecule has 2 aromatic heterocycles. The highest BCUT2D eigenvalue weighted by atomic mass is 16.6. The van der Waals surface area contributed by atoms with E-state index in [2.05, 4.69) is 4.98 Å². The third-order valence-corrected chi connectivity index (χ3v) is 4.99. The quantitative estimate of drug-likeness (QED) is 0.381. The molecule has 1 aliphatic heterocycles. The van der Waals surface area contributed by atoms with Crippen molar-refractivity contribution in [2.24, 2.45) is 0 Å². The normalized spacial score (nSPS) is 14.2. The fourth-order valence-corrected chi connectivity index (χ4v) is 3.49. The number of aryl methyl sites for hydroxylation is 1. The summed E-state index contributed by atoms with van der Waals surface area (Å²) in [6.45, 7) is 3.60. The van der Waals surface area contributed by atoms with E-state index in [0.29, 0.717) is 48.5 Å². The summed E-state index contributed by atoms with van der Waals surface area (Å²) in [6.07, 6.45) is 1.24. The van der Waals surface area contributed by atoms with Crippen LogP contribution in [0.15, 0.2) is 51.8 Å². The Morgan fingerprint density at radius 1 is 1.17 bits per heavy atom. The second-order valence-electron chi connectivity index (χ2n) is 6.86. The molecule has 1 aromatic carbocycles. The number of amides is 1. The van der Waals surface area contributed by atoms with Crippen LogP contribution in [0.2, 0.25) is 0 Å². The monoisotopic (exact) mass is 394 g/mol. The van der Waals surface area contributed by atoms with E-state index in [1.54, 1.807) is 36.1 Å². The van der Waals surface area contributed by atoms with Crippen molar-refractivity contribution >= 4 is 28.4 Å². The van der Waals surface area contributed by atoms with Gasteiger partial charge in [-0.25, -0.2) is 9.78 Å². The molecule has 9 nitrogen and oxygen atoms in total. The molecule has 29 heavy (non-hydrogen) atoms. The molecule has 1 amide bonds. The molecule has 1 aliphatic rings. The second kappa shape index (κ2) is 7.34. The first-order valence-electron chi connectivity index (χ1n) is 9.12. The number of carbonyl (C=O) groups excluding carboxylic acids is 1. The Morgan fingerprint density at radius 2 is 1.90 bits per heavy atom. The van der Waals surface area contributed by atoms with Gasteiger partial charge in [-0.3, -0.25) is 14.9 Å². The van der Waals surface area contributed by atoms with Gasteiger partial charge in [0, 0.05) is 37.6 Å². The minimum atomic E-state index is -0.649. The zero-order valence-corrected chi connectivity index (χ0v) is 15.7. The van der Waals surface area contributed by atoms with Gasteiger partial charge in [-0.15, -0.1) is 0 Å². The predicted octanol–water partition coefficient (Wildman–Crippen LogP) is 2.37. The third-order valence-electron chi connectivity index (χ3n) is 4.99. The van der Waals surface area contributed by atoms with Crippen molar-refractivity contribution in [1.82, 2.24) is 9.88 Å². The van der Waals surface area contributed by atoms with Crippen LogP contribution in [0.1, 0.15) is 15.9 Å². The molecule has 0 atom stereocenters. The van der Waals surface area contributed by atoms with E-state index in [0.717, 1.165) is 0 Å². The number of anilines is 1. The Kier molecular flexibility index (Phi) is 4.71. The van der Waals surface area contributed by atoms with Crippen molar-refractivity contribution in [2.75, 3.05) is 31.1 Å². The summed E-state index contributed by atoms with van der Waals surface area (Å²) in [7, 11) is 0. The fourth-order valence-electron chi connectivity index (χ4n) is 3.49. The minimum Gasteiger partial charge on any atom is -0.422 e. The van der Waals surface area contributed by atoms with E-state index < -0.39 is 10.5 Å². The van der Waals surface area contributed by atoms with E-state index in [4.69, 9.17) is 4.42 Å². The molecule has 0 saturated carbocycles. The number of rotatable bonds is 3. The van der Waals surface area contributed by atoms with Crippen LogP contribution in [0.3, 0.4) is 0 Å². The summed E-state index contributed by atoms with van der Waals surface area (Å²) in [5.74, 6) is 0.297.